The first kappa shape index (κ1) is 17.5. The monoisotopic (exact) mass is 344 g/mol. The van der Waals surface area contributed by atoms with Crippen molar-refractivity contribution in [3.05, 3.63) is 30.1 Å². The van der Waals surface area contributed by atoms with Gasteiger partial charge in [0.1, 0.15) is 5.75 Å². The fourth-order valence-electron chi connectivity index (χ4n) is 3.18. The first-order chi connectivity index (χ1) is 12.2. The summed E-state index contributed by atoms with van der Waals surface area (Å²) in [5.41, 5.74) is 0.795. The number of hydrogen-bond donors (Lipinski definition) is 0. The summed E-state index contributed by atoms with van der Waals surface area (Å²) in [6.07, 6.45) is 7.77. The highest BCUT2D eigenvalue weighted by Gasteiger charge is 2.16. The van der Waals surface area contributed by atoms with Gasteiger partial charge in [-0.15, -0.1) is 0 Å². The van der Waals surface area contributed by atoms with Gasteiger partial charge in [-0.3, -0.25) is 4.79 Å². The van der Waals surface area contributed by atoms with Gasteiger partial charge in [0, 0.05) is 12.0 Å². The summed E-state index contributed by atoms with van der Waals surface area (Å²) in [5.74, 6) is 2.01. The van der Waals surface area contributed by atoms with Gasteiger partial charge in [0.25, 0.3) is 5.89 Å². The highest BCUT2D eigenvalue weighted by molar-refractivity contribution is 5.69. The van der Waals surface area contributed by atoms with E-state index in [4.69, 9.17) is 14.0 Å². The Hall–Kier alpha value is -2.37. The molecule has 1 aliphatic rings. The van der Waals surface area contributed by atoms with E-state index in [-0.39, 0.29) is 12.6 Å². The molecule has 25 heavy (non-hydrogen) atoms. The SMILES string of the molecule is COc1ccc(-c2nc(COC(=O)CCC3CCCCC3)no2)cc1. The van der Waals surface area contributed by atoms with E-state index in [2.05, 4.69) is 10.1 Å². The predicted octanol–water partition coefficient (Wildman–Crippen LogP) is 4.15. The Morgan fingerprint density at radius 3 is 2.68 bits per heavy atom. The van der Waals surface area contributed by atoms with Crippen LogP contribution in [0.1, 0.15) is 50.8 Å². The molecule has 0 N–H and O–H groups in total. The number of benzene rings is 1. The Morgan fingerprint density at radius 1 is 1.20 bits per heavy atom. The van der Waals surface area contributed by atoms with E-state index in [9.17, 15) is 4.79 Å². The van der Waals surface area contributed by atoms with E-state index in [1.54, 1.807) is 7.11 Å². The molecule has 1 aliphatic carbocycles. The van der Waals surface area contributed by atoms with Gasteiger partial charge in [0.2, 0.25) is 5.82 Å². The zero-order valence-electron chi connectivity index (χ0n) is 14.6. The van der Waals surface area contributed by atoms with Gasteiger partial charge >= 0.3 is 5.97 Å². The molecule has 6 nitrogen and oxygen atoms in total. The minimum Gasteiger partial charge on any atom is -0.497 e. The van der Waals surface area contributed by atoms with E-state index < -0.39 is 0 Å². The Bertz CT molecular complexity index is 675. The van der Waals surface area contributed by atoms with Crippen molar-refractivity contribution in [1.82, 2.24) is 10.1 Å². The summed E-state index contributed by atoms with van der Waals surface area (Å²) in [6, 6.07) is 7.33. The van der Waals surface area contributed by atoms with Crippen molar-refractivity contribution in [3.63, 3.8) is 0 Å². The first-order valence-corrected chi connectivity index (χ1v) is 8.87. The van der Waals surface area contributed by atoms with Gasteiger partial charge in [0.05, 0.1) is 7.11 Å². The summed E-state index contributed by atoms with van der Waals surface area (Å²) in [6.45, 7) is 0.0448. The second-order valence-corrected chi connectivity index (χ2v) is 6.45. The highest BCUT2D eigenvalue weighted by atomic mass is 16.5. The molecule has 1 fully saturated rings. The molecule has 134 valence electrons. The molecule has 6 heteroatoms. The van der Waals surface area contributed by atoms with Crippen LogP contribution in [0.15, 0.2) is 28.8 Å². The maximum Gasteiger partial charge on any atom is 0.306 e. The van der Waals surface area contributed by atoms with E-state index in [0.717, 1.165) is 17.7 Å². The third-order valence-electron chi connectivity index (χ3n) is 4.65. The van der Waals surface area contributed by atoms with Gasteiger partial charge in [0.15, 0.2) is 6.61 Å². The number of carbonyl (C=O) groups is 1. The van der Waals surface area contributed by atoms with Crippen LogP contribution in [0.4, 0.5) is 0 Å². The Labute approximate surface area is 147 Å². The third kappa shape index (κ3) is 5.05. The molecular formula is C19H24N2O4. The molecule has 3 rings (SSSR count). The summed E-state index contributed by atoms with van der Waals surface area (Å²) in [7, 11) is 1.61. The quantitative estimate of drug-likeness (QED) is 0.703. The number of carbonyl (C=O) groups excluding carboxylic acids is 1. The van der Waals surface area contributed by atoms with E-state index in [0.29, 0.717) is 24.1 Å². The summed E-state index contributed by atoms with van der Waals surface area (Å²) in [5, 5.41) is 3.86. The standard InChI is InChI=1S/C19H24N2O4/c1-23-16-10-8-15(9-11-16)19-20-17(21-25-19)13-24-18(22)12-7-14-5-3-2-4-6-14/h8-11,14H,2-7,12-13H2,1H3. The highest BCUT2D eigenvalue weighted by Crippen LogP contribution is 2.27. The lowest BCUT2D eigenvalue weighted by Gasteiger charge is -2.20. The number of ether oxygens (including phenoxy) is 2. The van der Waals surface area contributed by atoms with Crippen LogP contribution in [0.3, 0.4) is 0 Å². The zero-order valence-corrected chi connectivity index (χ0v) is 14.6. The molecule has 0 amide bonds. The summed E-state index contributed by atoms with van der Waals surface area (Å²) < 4.78 is 15.6. The van der Waals surface area contributed by atoms with Crippen molar-refractivity contribution < 1.29 is 18.8 Å². The van der Waals surface area contributed by atoms with Crippen LogP contribution in [0, 0.1) is 5.92 Å². The smallest absolute Gasteiger partial charge is 0.306 e. The number of nitrogens with zero attached hydrogens (tertiary/aromatic N) is 2. The van der Waals surface area contributed by atoms with Crippen LogP contribution in [0.5, 0.6) is 5.75 Å². The van der Waals surface area contributed by atoms with Gasteiger partial charge < -0.3 is 14.0 Å². The molecule has 2 aromatic rings. The fraction of sp³-hybridized carbons (Fsp3) is 0.526. The van der Waals surface area contributed by atoms with Crippen LogP contribution >= 0.6 is 0 Å². The molecule has 0 unspecified atom stereocenters. The predicted molar refractivity (Wildman–Crippen MR) is 91.9 cm³/mol. The number of methoxy groups -OCH3 is 1. The van der Waals surface area contributed by atoms with E-state index >= 15 is 0 Å². The molecule has 1 heterocycles. The maximum absolute atomic E-state index is 11.9. The van der Waals surface area contributed by atoms with Crippen molar-refractivity contribution >= 4 is 5.97 Å². The third-order valence-corrected chi connectivity index (χ3v) is 4.65. The van der Waals surface area contributed by atoms with Crippen LogP contribution in [0.2, 0.25) is 0 Å². The average Bonchev–Trinajstić information content (AvgIpc) is 3.14. The maximum atomic E-state index is 11.9. The largest absolute Gasteiger partial charge is 0.497 e. The molecule has 0 radical (unpaired) electrons. The number of aromatic nitrogens is 2. The minimum atomic E-state index is -0.193. The normalized spacial score (nSPS) is 15.1. The molecular weight excluding hydrogens is 320 g/mol. The summed E-state index contributed by atoms with van der Waals surface area (Å²) >= 11 is 0. The zero-order chi connectivity index (χ0) is 17.5. The lowest BCUT2D eigenvalue weighted by molar-refractivity contribution is -0.145. The van der Waals surface area contributed by atoms with Crippen LogP contribution in [-0.4, -0.2) is 23.2 Å². The average molecular weight is 344 g/mol. The van der Waals surface area contributed by atoms with Gasteiger partial charge in [-0.1, -0.05) is 37.3 Å². The molecule has 0 spiro atoms. The van der Waals surface area contributed by atoms with Crippen molar-refractivity contribution in [1.29, 1.82) is 0 Å². The van der Waals surface area contributed by atoms with Crippen molar-refractivity contribution in [3.8, 4) is 17.2 Å². The van der Waals surface area contributed by atoms with Gasteiger partial charge in [-0.25, -0.2) is 0 Å². The Kier molecular flexibility index (Phi) is 6.04. The van der Waals surface area contributed by atoms with E-state index in [1.165, 1.54) is 32.1 Å². The second-order valence-electron chi connectivity index (χ2n) is 6.45. The second kappa shape index (κ2) is 8.65. The fourth-order valence-corrected chi connectivity index (χ4v) is 3.18. The number of esters is 1. The van der Waals surface area contributed by atoms with Crippen molar-refractivity contribution in [2.75, 3.05) is 7.11 Å². The molecule has 0 atom stereocenters. The molecule has 0 saturated heterocycles. The molecule has 0 aliphatic heterocycles. The number of hydrogen-bond acceptors (Lipinski definition) is 6. The molecule has 0 bridgehead atoms. The lowest BCUT2D eigenvalue weighted by atomic mass is 9.86. The van der Waals surface area contributed by atoms with E-state index in [1.807, 2.05) is 24.3 Å². The Balaban J connectivity index is 1.45. The van der Waals surface area contributed by atoms with Crippen LogP contribution < -0.4 is 4.74 Å². The topological polar surface area (TPSA) is 74.5 Å². The minimum absolute atomic E-state index is 0.0448. The molecule has 1 aromatic carbocycles. The van der Waals surface area contributed by atoms with Gasteiger partial charge in [-0.2, -0.15) is 4.98 Å². The number of rotatable bonds is 7. The van der Waals surface area contributed by atoms with Crippen LogP contribution in [-0.2, 0) is 16.1 Å². The van der Waals surface area contributed by atoms with Crippen molar-refractivity contribution in [2.45, 2.75) is 51.6 Å². The van der Waals surface area contributed by atoms with Crippen molar-refractivity contribution in [2.24, 2.45) is 5.92 Å². The van der Waals surface area contributed by atoms with Gasteiger partial charge in [-0.05, 0) is 36.6 Å². The van der Waals surface area contributed by atoms with Crippen LogP contribution in [0.25, 0.3) is 11.5 Å². The molecule has 1 aromatic heterocycles. The Morgan fingerprint density at radius 2 is 1.96 bits per heavy atom. The lowest BCUT2D eigenvalue weighted by Crippen LogP contribution is -2.11. The first-order valence-electron chi connectivity index (χ1n) is 8.87. The summed E-state index contributed by atoms with van der Waals surface area (Å²) in [4.78, 5) is 16.1. The molecule has 1 saturated carbocycles.